The van der Waals surface area contributed by atoms with Crippen LogP contribution in [-0.2, 0) is 16.1 Å². The molecule has 0 aromatic carbocycles. The highest BCUT2D eigenvalue weighted by Gasteiger charge is 2.32. The number of aliphatic carboxylic acids is 1. The molecule has 0 radical (unpaired) electrons. The zero-order valence-corrected chi connectivity index (χ0v) is 12.7. The van der Waals surface area contributed by atoms with Crippen LogP contribution in [0.1, 0.15) is 17.7 Å². The molecule has 5 nitrogen and oxygen atoms in total. The van der Waals surface area contributed by atoms with Crippen molar-refractivity contribution in [2.24, 2.45) is 0 Å². The molecular weight excluding hydrogens is 288 g/mol. The predicted octanol–water partition coefficient (Wildman–Crippen LogP) is 1.81. The van der Waals surface area contributed by atoms with Gasteiger partial charge in [0, 0.05) is 11.4 Å². The number of likely N-dealkylation sites (tertiary alicyclic amines) is 1. The Balaban J connectivity index is 1.98. The Labute approximate surface area is 128 Å². The lowest BCUT2D eigenvalue weighted by atomic mass is 10.2. The van der Waals surface area contributed by atoms with E-state index in [2.05, 4.69) is 6.58 Å². The zero-order valence-electron chi connectivity index (χ0n) is 11.9. The number of hydrogen-bond donors (Lipinski definition) is 1. The largest absolute Gasteiger partial charge is 0.480 e. The molecule has 1 aromatic heterocycles. The number of carbonyl (C=O) groups excluding carboxylic acids is 1. The maximum Gasteiger partial charge on any atom is 0.320 e. The molecule has 0 bridgehead atoms. The molecule has 1 aromatic rings. The number of carboxylic acid groups (broad SMARTS) is 1. The van der Waals surface area contributed by atoms with Crippen LogP contribution in [0.4, 0.5) is 0 Å². The third-order valence-electron chi connectivity index (χ3n) is 3.62. The molecule has 1 unspecified atom stereocenters. The van der Waals surface area contributed by atoms with Gasteiger partial charge in [-0.2, -0.15) is 0 Å². The molecule has 1 aliphatic rings. The highest BCUT2D eigenvalue weighted by Crippen LogP contribution is 2.18. The lowest BCUT2D eigenvalue weighted by Crippen LogP contribution is -2.44. The number of hydrogen-bond acceptors (Lipinski definition) is 4. The van der Waals surface area contributed by atoms with Crippen LogP contribution in [0, 0.1) is 0 Å². The number of amides is 1. The predicted molar refractivity (Wildman–Crippen MR) is 82.2 cm³/mol. The van der Waals surface area contributed by atoms with Gasteiger partial charge in [0.25, 0.3) is 0 Å². The molecule has 6 heteroatoms. The molecular formula is C15H20N2O3S. The molecule has 1 saturated heterocycles. The normalized spacial score (nSPS) is 18.6. The number of rotatable bonds is 7. The minimum absolute atomic E-state index is 0.0450. The van der Waals surface area contributed by atoms with Gasteiger partial charge in [0.2, 0.25) is 5.91 Å². The number of carbonyl (C=O) groups is 2. The minimum Gasteiger partial charge on any atom is -0.480 e. The van der Waals surface area contributed by atoms with Crippen LogP contribution in [0.3, 0.4) is 0 Å². The third kappa shape index (κ3) is 4.15. The van der Waals surface area contributed by atoms with Crippen molar-refractivity contribution >= 4 is 23.2 Å². The summed E-state index contributed by atoms with van der Waals surface area (Å²) in [6, 6.07) is 3.42. The Morgan fingerprint density at radius 1 is 1.57 bits per heavy atom. The first-order valence-electron chi connectivity index (χ1n) is 6.99. The first-order valence-corrected chi connectivity index (χ1v) is 7.87. The lowest BCUT2D eigenvalue weighted by Gasteiger charge is -2.26. The smallest absolute Gasteiger partial charge is 0.320 e. The molecule has 21 heavy (non-hydrogen) atoms. The van der Waals surface area contributed by atoms with E-state index in [-0.39, 0.29) is 12.5 Å². The summed E-state index contributed by atoms with van der Waals surface area (Å²) in [6.45, 7) is 5.55. The summed E-state index contributed by atoms with van der Waals surface area (Å²) in [5.41, 5.74) is 0. The van der Waals surface area contributed by atoms with Gasteiger partial charge in [0.15, 0.2) is 0 Å². The average Bonchev–Trinajstić information content (AvgIpc) is 3.09. The second-order valence-corrected chi connectivity index (χ2v) is 6.14. The summed E-state index contributed by atoms with van der Waals surface area (Å²) in [7, 11) is 0. The van der Waals surface area contributed by atoms with Crippen molar-refractivity contribution < 1.29 is 14.7 Å². The molecule has 1 aliphatic heterocycles. The standard InChI is InChI=1S/C15H20N2O3S/c1-2-7-17(10-12-5-4-9-21-12)14(18)11-16-8-3-6-13(16)15(19)20/h2,4-5,9,13H,1,3,6-8,10-11H2,(H,19,20). The Morgan fingerprint density at radius 3 is 3.00 bits per heavy atom. The van der Waals surface area contributed by atoms with Crippen molar-refractivity contribution in [1.82, 2.24) is 9.80 Å². The summed E-state index contributed by atoms with van der Waals surface area (Å²) in [6.07, 6.45) is 3.15. The van der Waals surface area contributed by atoms with Crippen LogP contribution >= 0.6 is 11.3 Å². The molecule has 1 amide bonds. The van der Waals surface area contributed by atoms with Gasteiger partial charge in [-0.15, -0.1) is 17.9 Å². The number of thiophene rings is 1. The minimum atomic E-state index is -0.839. The molecule has 114 valence electrons. The lowest BCUT2D eigenvalue weighted by molar-refractivity contribution is -0.143. The van der Waals surface area contributed by atoms with Crippen molar-refractivity contribution in [2.45, 2.75) is 25.4 Å². The molecule has 0 spiro atoms. The second kappa shape index (κ2) is 7.38. The molecule has 2 rings (SSSR count). The van der Waals surface area contributed by atoms with Crippen molar-refractivity contribution in [3.05, 3.63) is 35.0 Å². The van der Waals surface area contributed by atoms with E-state index in [0.717, 1.165) is 11.3 Å². The molecule has 2 heterocycles. The van der Waals surface area contributed by atoms with Gasteiger partial charge in [0.05, 0.1) is 13.1 Å². The number of carboxylic acids is 1. The molecule has 1 fully saturated rings. The highest BCUT2D eigenvalue weighted by atomic mass is 32.1. The van der Waals surface area contributed by atoms with Crippen LogP contribution in [0.25, 0.3) is 0 Å². The van der Waals surface area contributed by atoms with Gasteiger partial charge in [-0.1, -0.05) is 12.1 Å². The quantitative estimate of drug-likeness (QED) is 0.781. The van der Waals surface area contributed by atoms with Crippen LogP contribution in [0.15, 0.2) is 30.2 Å². The summed E-state index contributed by atoms with van der Waals surface area (Å²) in [5.74, 6) is -0.884. The fraction of sp³-hybridized carbons (Fsp3) is 0.467. The van der Waals surface area contributed by atoms with E-state index in [4.69, 9.17) is 5.11 Å². The number of nitrogens with zero attached hydrogens (tertiary/aromatic N) is 2. The SMILES string of the molecule is C=CCN(Cc1cccs1)C(=O)CN1CCCC1C(=O)O. The second-order valence-electron chi connectivity index (χ2n) is 5.11. The van der Waals surface area contributed by atoms with E-state index in [0.29, 0.717) is 26.1 Å². The summed E-state index contributed by atoms with van der Waals surface area (Å²) in [4.78, 5) is 28.2. The third-order valence-corrected chi connectivity index (χ3v) is 4.48. The highest BCUT2D eigenvalue weighted by molar-refractivity contribution is 7.09. The van der Waals surface area contributed by atoms with E-state index in [1.807, 2.05) is 17.5 Å². The van der Waals surface area contributed by atoms with Gasteiger partial charge in [0.1, 0.15) is 6.04 Å². The summed E-state index contributed by atoms with van der Waals surface area (Å²) in [5, 5.41) is 11.1. The first-order chi connectivity index (χ1) is 10.1. The van der Waals surface area contributed by atoms with E-state index in [1.54, 1.807) is 27.2 Å². The Kier molecular flexibility index (Phi) is 5.52. The van der Waals surface area contributed by atoms with Crippen LogP contribution in [-0.4, -0.2) is 52.5 Å². The van der Waals surface area contributed by atoms with Crippen LogP contribution in [0.2, 0.25) is 0 Å². The molecule has 0 saturated carbocycles. The maximum absolute atomic E-state index is 12.4. The Bertz CT molecular complexity index is 501. The molecule has 1 N–H and O–H groups in total. The Hall–Kier alpha value is -1.66. The van der Waals surface area contributed by atoms with Crippen molar-refractivity contribution in [1.29, 1.82) is 0 Å². The topological polar surface area (TPSA) is 60.9 Å². The van der Waals surface area contributed by atoms with E-state index in [9.17, 15) is 9.59 Å². The first kappa shape index (κ1) is 15.7. The summed E-state index contributed by atoms with van der Waals surface area (Å²) >= 11 is 1.61. The van der Waals surface area contributed by atoms with Crippen LogP contribution < -0.4 is 0 Å². The zero-order chi connectivity index (χ0) is 15.2. The van der Waals surface area contributed by atoms with Crippen LogP contribution in [0.5, 0.6) is 0 Å². The fourth-order valence-corrected chi connectivity index (χ4v) is 3.29. The Morgan fingerprint density at radius 2 is 2.38 bits per heavy atom. The molecule has 0 aliphatic carbocycles. The molecule has 1 atom stereocenters. The van der Waals surface area contributed by atoms with Gasteiger partial charge < -0.3 is 10.0 Å². The van der Waals surface area contributed by atoms with E-state index < -0.39 is 12.0 Å². The van der Waals surface area contributed by atoms with Gasteiger partial charge in [-0.3, -0.25) is 14.5 Å². The van der Waals surface area contributed by atoms with E-state index >= 15 is 0 Å². The fourth-order valence-electron chi connectivity index (χ4n) is 2.57. The van der Waals surface area contributed by atoms with Crippen molar-refractivity contribution in [3.8, 4) is 0 Å². The van der Waals surface area contributed by atoms with Gasteiger partial charge >= 0.3 is 5.97 Å². The summed E-state index contributed by atoms with van der Waals surface area (Å²) < 4.78 is 0. The van der Waals surface area contributed by atoms with Crippen molar-refractivity contribution in [3.63, 3.8) is 0 Å². The van der Waals surface area contributed by atoms with E-state index in [1.165, 1.54) is 0 Å². The maximum atomic E-state index is 12.4. The van der Waals surface area contributed by atoms with Crippen molar-refractivity contribution in [2.75, 3.05) is 19.6 Å². The van der Waals surface area contributed by atoms with Gasteiger partial charge in [-0.05, 0) is 30.8 Å². The average molecular weight is 308 g/mol. The monoisotopic (exact) mass is 308 g/mol. The van der Waals surface area contributed by atoms with Gasteiger partial charge in [-0.25, -0.2) is 0 Å².